The second-order valence-corrected chi connectivity index (χ2v) is 2.69. The number of rotatable bonds is 0. The van der Waals surface area contributed by atoms with Crippen LogP contribution in [0.25, 0.3) is 0 Å². The Kier molecular flexibility index (Phi) is 8.75. The Hall–Kier alpha value is 0.389. The molecule has 0 aromatic heterocycles. The van der Waals surface area contributed by atoms with Crippen molar-refractivity contribution in [3.63, 3.8) is 0 Å². The molecule has 0 unspecified atom stereocenters. The summed E-state index contributed by atoms with van der Waals surface area (Å²) in [6.45, 7) is 0. The third-order valence-corrected chi connectivity index (χ3v) is 1.83. The summed E-state index contributed by atoms with van der Waals surface area (Å²) in [5.41, 5.74) is 0. The first kappa shape index (κ1) is 12.1. The van der Waals surface area contributed by atoms with E-state index < -0.39 is 0 Å². The quantitative estimate of drug-likeness (QED) is 0.392. The van der Waals surface area contributed by atoms with Crippen LogP contribution in [0.2, 0.25) is 0 Å². The second-order valence-electron chi connectivity index (χ2n) is 2.02. The average Bonchev–Trinajstić information content (AvgIpc) is 1.69. The van der Waals surface area contributed by atoms with E-state index in [2.05, 4.69) is 0 Å². The van der Waals surface area contributed by atoms with Gasteiger partial charge in [0.25, 0.3) is 0 Å². The van der Waals surface area contributed by atoms with Crippen molar-refractivity contribution in [2.45, 2.75) is 32.1 Å². The molecule has 0 nitrogen and oxygen atoms in total. The molecule has 0 heterocycles. The van der Waals surface area contributed by atoms with E-state index in [9.17, 15) is 0 Å². The Morgan fingerprint density at radius 3 is 1.56 bits per heavy atom. The SMILES string of the molecule is [CH3-].[CH3-].[Cu]=[C]1CCCCC1. The van der Waals surface area contributed by atoms with Crippen LogP contribution in [-0.2, 0) is 15.6 Å². The van der Waals surface area contributed by atoms with Crippen LogP contribution < -0.4 is 0 Å². The topological polar surface area (TPSA) is 0 Å². The van der Waals surface area contributed by atoms with Gasteiger partial charge in [0.2, 0.25) is 0 Å². The molecule has 0 atom stereocenters. The van der Waals surface area contributed by atoms with Crippen molar-refractivity contribution in [2.75, 3.05) is 0 Å². The molecule has 1 aliphatic rings. The van der Waals surface area contributed by atoms with E-state index in [0.29, 0.717) is 0 Å². The van der Waals surface area contributed by atoms with E-state index in [1.54, 1.807) is 0 Å². The first-order valence-electron chi connectivity index (χ1n) is 2.86. The van der Waals surface area contributed by atoms with Crippen LogP contribution in [-0.4, -0.2) is 4.42 Å². The second kappa shape index (κ2) is 6.51. The standard InChI is InChI=1S/C6H10.2CH3.Cu/c1-2-4-6-5-3-1;;;/h1-5H2;2*1H3;/q;2*-1;. The minimum absolute atomic E-state index is 0. The van der Waals surface area contributed by atoms with Gasteiger partial charge in [-0.15, -0.1) is 0 Å². The van der Waals surface area contributed by atoms with Gasteiger partial charge in [0.15, 0.2) is 0 Å². The third-order valence-electron chi connectivity index (χ3n) is 1.36. The maximum absolute atomic E-state index is 5.14. The molecular weight excluding hydrogens is 160 g/mol. The number of hydrogen-bond donors (Lipinski definition) is 0. The van der Waals surface area contributed by atoms with Crippen molar-refractivity contribution in [1.29, 1.82) is 0 Å². The first-order chi connectivity index (χ1) is 3.39. The van der Waals surface area contributed by atoms with Crippen molar-refractivity contribution in [2.24, 2.45) is 0 Å². The van der Waals surface area contributed by atoms with E-state index >= 15 is 0 Å². The van der Waals surface area contributed by atoms with Gasteiger partial charge in [-0.2, -0.15) is 0 Å². The predicted molar refractivity (Wildman–Crippen MR) is 40.9 cm³/mol. The molecule has 0 saturated heterocycles. The summed E-state index contributed by atoms with van der Waals surface area (Å²) >= 11 is 5.14. The molecule has 61 valence electrons. The van der Waals surface area contributed by atoms with E-state index in [4.69, 9.17) is 15.6 Å². The van der Waals surface area contributed by atoms with Crippen molar-refractivity contribution in [1.82, 2.24) is 0 Å². The normalized spacial score (nSPS) is 17.8. The van der Waals surface area contributed by atoms with Gasteiger partial charge in [0, 0.05) is 0 Å². The zero-order chi connectivity index (χ0) is 5.11. The van der Waals surface area contributed by atoms with Crippen LogP contribution in [0, 0.1) is 14.9 Å². The average molecular weight is 176 g/mol. The van der Waals surface area contributed by atoms with Crippen LogP contribution in [0.3, 0.4) is 0 Å². The van der Waals surface area contributed by atoms with E-state index in [1.165, 1.54) is 36.5 Å². The van der Waals surface area contributed by atoms with Gasteiger partial charge in [-0.05, 0) is 0 Å². The van der Waals surface area contributed by atoms with Crippen LogP contribution in [0.4, 0.5) is 0 Å². The molecule has 0 spiro atoms. The van der Waals surface area contributed by atoms with Crippen LogP contribution in [0.15, 0.2) is 0 Å². The zero-order valence-electron chi connectivity index (χ0n) is 6.34. The minimum atomic E-state index is 0. The van der Waals surface area contributed by atoms with Crippen molar-refractivity contribution < 1.29 is 15.6 Å². The fourth-order valence-corrected chi connectivity index (χ4v) is 1.24. The molecule has 1 rings (SSSR count). The van der Waals surface area contributed by atoms with E-state index in [-0.39, 0.29) is 14.9 Å². The molecule has 0 N–H and O–H groups in total. The first-order valence-corrected chi connectivity index (χ1v) is 3.33. The Balaban J connectivity index is 0. The van der Waals surface area contributed by atoms with Gasteiger partial charge < -0.3 is 14.9 Å². The molecule has 0 aliphatic heterocycles. The van der Waals surface area contributed by atoms with E-state index in [0.717, 1.165) is 0 Å². The predicted octanol–water partition coefficient (Wildman–Crippen LogP) is 2.57. The Labute approximate surface area is 67.4 Å². The molecule has 0 bridgehead atoms. The Morgan fingerprint density at radius 1 is 0.889 bits per heavy atom. The summed E-state index contributed by atoms with van der Waals surface area (Å²) in [5.74, 6) is 0. The summed E-state index contributed by atoms with van der Waals surface area (Å²) in [4.78, 5) is 0. The molecule has 0 amide bonds. The summed E-state index contributed by atoms with van der Waals surface area (Å²) in [5, 5.41) is 0. The molecule has 0 radical (unpaired) electrons. The van der Waals surface area contributed by atoms with Gasteiger partial charge in [0.05, 0.1) is 0 Å². The molecular formula is C8H16Cu-2. The molecule has 1 heteroatoms. The maximum atomic E-state index is 5.14. The summed E-state index contributed by atoms with van der Waals surface area (Å²) in [6, 6.07) is 0. The molecule has 0 aromatic rings. The summed E-state index contributed by atoms with van der Waals surface area (Å²) in [7, 11) is 0. The van der Waals surface area contributed by atoms with Gasteiger partial charge in [-0.25, -0.2) is 0 Å². The van der Waals surface area contributed by atoms with Gasteiger partial charge in [-0.3, -0.25) is 0 Å². The summed E-state index contributed by atoms with van der Waals surface area (Å²) in [6.07, 6.45) is 6.50. The summed E-state index contributed by atoms with van der Waals surface area (Å²) < 4.78 is 1.28. The van der Waals surface area contributed by atoms with Crippen molar-refractivity contribution in [3.8, 4) is 0 Å². The Morgan fingerprint density at radius 2 is 1.33 bits per heavy atom. The van der Waals surface area contributed by atoms with Crippen LogP contribution >= 0.6 is 0 Å². The molecule has 1 aliphatic carbocycles. The zero-order valence-corrected chi connectivity index (χ0v) is 7.28. The Bertz CT molecular complexity index is 68.6. The molecule has 1 fully saturated rings. The third kappa shape index (κ3) is 4.87. The van der Waals surface area contributed by atoms with Gasteiger partial charge in [-0.1, -0.05) is 0 Å². The molecule has 9 heavy (non-hydrogen) atoms. The van der Waals surface area contributed by atoms with Gasteiger partial charge >= 0.3 is 52.1 Å². The number of hydrogen-bond acceptors (Lipinski definition) is 0. The van der Waals surface area contributed by atoms with Crippen LogP contribution in [0.5, 0.6) is 0 Å². The van der Waals surface area contributed by atoms with Crippen molar-refractivity contribution in [3.05, 3.63) is 14.9 Å². The molecule has 0 aromatic carbocycles. The molecule has 1 saturated carbocycles. The van der Waals surface area contributed by atoms with E-state index in [1.807, 2.05) is 0 Å². The van der Waals surface area contributed by atoms with Gasteiger partial charge in [0.1, 0.15) is 0 Å². The fourth-order valence-electron chi connectivity index (χ4n) is 0.908. The fraction of sp³-hybridized carbons (Fsp3) is 0.625. The van der Waals surface area contributed by atoms with Crippen molar-refractivity contribution >= 4 is 4.42 Å². The van der Waals surface area contributed by atoms with Crippen LogP contribution in [0.1, 0.15) is 32.1 Å². The monoisotopic (exact) mass is 175 g/mol.